The van der Waals surface area contributed by atoms with Gasteiger partial charge >= 0.3 is 0 Å². The van der Waals surface area contributed by atoms with Crippen LogP contribution in [0.25, 0.3) is 0 Å². The average Bonchev–Trinajstić information content (AvgIpc) is 2.65. The van der Waals surface area contributed by atoms with Crippen LogP contribution in [0.4, 0.5) is 4.39 Å². The fourth-order valence-electron chi connectivity index (χ4n) is 3.71. The molecule has 0 saturated heterocycles. The molecule has 0 radical (unpaired) electrons. The van der Waals surface area contributed by atoms with Crippen molar-refractivity contribution >= 4 is 5.91 Å². The van der Waals surface area contributed by atoms with Crippen molar-refractivity contribution in [1.29, 1.82) is 0 Å². The summed E-state index contributed by atoms with van der Waals surface area (Å²) in [5.41, 5.74) is 4.65. The summed E-state index contributed by atoms with van der Waals surface area (Å²) in [5.74, 6) is -0.601. The fourth-order valence-corrected chi connectivity index (χ4v) is 3.71. The van der Waals surface area contributed by atoms with Crippen molar-refractivity contribution in [2.75, 3.05) is 19.7 Å². The highest BCUT2D eigenvalue weighted by molar-refractivity contribution is 5.96. The standard InChI is InChI=1S/C20H21FN2O2/c21-15-9-14-11-22-7-5-16(14)18(10-15)20(24)23-12-19-17-4-2-1-3-13(17)6-8-25-19/h1-4,9-10,19,22H,5-8,11-12H2,(H,23,24). The molecule has 2 N–H and O–H groups in total. The van der Waals surface area contributed by atoms with Gasteiger partial charge in [-0.05, 0) is 53.8 Å². The number of benzene rings is 2. The Balaban J connectivity index is 1.51. The largest absolute Gasteiger partial charge is 0.371 e. The second kappa shape index (κ2) is 6.94. The summed E-state index contributed by atoms with van der Waals surface area (Å²) in [6, 6.07) is 11.0. The minimum atomic E-state index is -0.369. The molecular weight excluding hydrogens is 319 g/mol. The lowest BCUT2D eigenvalue weighted by Gasteiger charge is -2.26. The molecular formula is C20H21FN2O2. The third-order valence-electron chi connectivity index (χ3n) is 4.96. The summed E-state index contributed by atoms with van der Waals surface area (Å²) in [6.07, 6.45) is 1.48. The van der Waals surface area contributed by atoms with Crippen molar-refractivity contribution in [3.63, 3.8) is 0 Å². The number of amides is 1. The van der Waals surface area contributed by atoms with E-state index in [1.54, 1.807) is 0 Å². The Morgan fingerprint density at radius 3 is 3.04 bits per heavy atom. The summed E-state index contributed by atoms with van der Waals surface area (Å²) in [6.45, 7) is 2.45. The smallest absolute Gasteiger partial charge is 0.251 e. The number of nitrogens with one attached hydrogen (secondary N) is 2. The third-order valence-corrected chi connectivity index (χ3v) is 4.96. The van der Waals surface area contributed by atoms with E-state index in [2.05, 4.69) is 16.7 Å². The number of halogens is 1. The summed E-state index contributed by atoms with van der Waals surface area (Å²) >= 11 is 0. The van der Waals surface area contributed by atoms with E-state index in [0.29, 0.717) is 25.3 Å². The van der Waals surface area contributed by atoms with Gasteiger partial charge in [-0.25, -0.2) is 4.39 Å². The van der Waals surface area contributed by atoms with Gasteiger partial charge in [0.2, 0.25) is 0 Å². The van der Waals surface area contributed by atoms with E-state index >= 15 is 0 Å². The molecule has 0 aromatic heterocycles. The van der Waals surface area contributed by atoms with Crippen LogP contribution in [0.15, 0.2) is 36.4 Å². The molecule has 5 heteroatoms. The van der Waals surface area contributed by atoms with Crippen LogP contribution in [0.2, 0.25) is 0 Å². The lowest BCUT2D eigenvalue weighted by atomic mass is 9.94. The Hall–Kier alpha value is -2.24. The first-order chi connectivity index (χ1) is 12.2. The van der Waals surface area contributed by atoms with Gasteiger partial charge in [0.05, 0.1) is 6.61 Å². The van der Waals surface area contributed by atoms with Crippen molar-refractivity contribution in [3.8, 4) is 0 Å². The Bertz CT molecular complexity index is 806. The van der Waals surface area contributed by atoms with Crippen LogP contribution in [-0.2, 0) is 24.1 Å². The Kier molecular flexibility index (Phi) is 4.51. The van der Waals surface area contributed by atoms with Gasteiger partial charge in [0.1, 0.15) is 11.9 Å². The minimum Gasteiger partial charge on any atom is -0.371 e. The van der Waals surface area contributed by atoms with E-state index in [4.69, 9.17) is 4.74 Å². The molecule has 25 heavy (non-hydrogen) atoms. The molecule has 4 nitrogen and oxygen atoms in total. The van der Waals surface area contributed by atoms with Crippen molar-refractivity contribution in [3.05, 3.63) is 70.0 Å². The van der Waals surface area contributed by atoms with Crippen LogP contribution in [0, 0.1) is 5.82 Å². The maximum atomic E-state index is 13.9. The molecule has 0 aliphatic carbocycles. The monoisotopic (exact) mass is 340 g/mol. The highest BCUT2D eigenvalue weighted by Crippen LogP contribution is 2.26. The van der Waals surface area contributed by atoms with Gasteiger partial charge < -0.3 is 15.4 Å². The normalized spacial score (nSPS) is 19.0. The number of fused-ring (bicyclic) bond motifs is 2. The Morgan fingerprint density at radius 1 is 1.24 bits per heavy atom. The maximum absolute atomic E-state index is 13.9. The molecule has 1 unspecified atom stereocenters. The van der Waals surface area contributed by atoms with Crippen molar-refractivity contribution in [2.24, 2.45) is 0 Å². The van der Waals surface area contributed by atoms with Crippen molar-refractivity contribution in [1.82, 2.24) is 10.6 Å². The van der Waals surface area contributed by atoms with E-state index in [1.165, 1.54) is 17.7 Å². The Morgan fingerprint density at radius 2 is 2.12 bits per heavy atom. The molecule has 4 rings (SSSR count). The molecule has 0 saturated carbocycles. The summed E-state index contributed by atoms with van der Waals surface area (Å²) in [5, 5.41) is 6.15. The maximum Gasteiger partial charge on any atom is 0.251 e. The number of ether oxygens (including phenoxy) is 1. The topological polar surface area (TPSA) is 50.4 Å². The Labute approximate surface area is 146 Å². The zero-order valence-corrected chi connectivity index (χ0v) is 14.0. The molecule has 130 valence electrons. The molecule has 0 spiro atoms. The highest BCUT2D eigenvalue weighted by Gasteiger charge is 2.23. The zero-order valence-electron chi connectivity index (χ0n) is 14.0. The number of hydrogen-bond acceptors (Lipinski definition) is 3. The number of carbonyl (C=O) groups excluding carboxylic acids is 1. The second-order valence-corrected chi connectivity index (χ2v) is 6.54. The van der Waals surface area contributed by atoms with Crippen molar-refractivity contribution in [2.45, 2.75) is 25.5 Å². The van der Waals surface area contributed by atoms with Crippen LogP contribution in [0.3, 0.4) is 0 Å². The molecule has 1 amide bonds. The molecule has 2 aliphatic heterocycles. The first-order valence-electron chi connectivity index (χ1n) is 8.72. The van der Waals surface area contributed by atoms with Crippen LogP contribution < -0.4 is 10.6 Å². The zero-order chi connectivity index (χ0) is 17.2. The highest BCUT2D eigenvalue weighted by atomic mass is 19.1. The minimum absolute atomic E-state index is 0.153. The lowest BCUT2D eigenvalue weighted by molar-refractivity contribution is 0.0411. The SMILES string of the molecule is O=C(NCC1OCCc2ccccc21)c1cc(F)cc2c1CCNC2. The van der Waals surface area contributed by atoms with E-state index < -0.39 is 0 Å². The quantitative estimate of drug-likeness (QED) is 0.903. The van der Waals surface area contributed by atoms with Crippen LogP contribution in [0.1, 0.15) is 38.7 Å². The van der Waals surface area contributed by atoms with Crippen LogP contribution in [0.5, 0.6) is 0 Å². The molecule has 2 aromatic rings. The number of carbonyl (C=O) groups is 1. The van der Waals surface area contributed by atoms with Crippen LogP contribution >= 0.6 is 0 Å². The van der Waals surface area contributed by atoms with Gasteiger partial charge in [0.25, 0.3) is 5.91 Å². The molecule has 1 atom stereocenters. The second-order valence-electron chi connectivity index (χ2n) is 6.54. The lowest BCUT2D eigenvalue weighted by Crippen LogP contribution is -2.34. The van der Waals surface area contributed by atoms with E-state index in [0.717, 1.165) is 36.1 Å². The fraction of sp³-hybridized carbons (Fsp3) is 0.350. The predicted octanol–water partition coefficient (Wildman–Crippen LogP) is 2.52. The summed E-state index contributed by atoms with van der Waals surface area (Å²) < 4.78 is 19.7. The summed E-state index contributed by atoms with van der Waals surface area (Å²) in [4.78, 5) is 12.7. The molecule has 2 aromatic carbocycles. The number of hydrogen-bond donors (Lipinski definition) is 2. The van der Waals surface area contributed by atoms with Gasteiger partial charge in [0.15, 0.2) is 0 Å². The summed E-state index contributed by atoms with van der Waals surface area (Å²) in [7, 11) is 0. The third kappa shape index (κ3) is 3.30. The molecule has 2 heterocycles. The van der Waals surface area contributed by atoms with Gasteiger partial charge in [-0.15, -0.1) is 0 Å². The van der Waals surface area contributed by atoms with Crippen LogP contribution in [-0.4, -0.2) is 25.6 Å². The van der Waals surface area contributed by atoms with Gasteiger partial charge in [-0.1, -0.05) is 24.3 Å². The number of rotatable bonds is 3. The van der Waals surface area contributed by atoms with Crippen molar-refractivity contribution < 1.29 is 13.9 Å². The van der Waals surface area contributed by atoms with E-state index in [1.807, 2.05) is 18.2 Å². The van der Waals surface area contributed by atoms with Gasteiger partial charge in [-0.2, -0.15) is 0 Å². The van der Waals surface area contributed by atoms with Gasteiger partial charge in [0, 0.05) is 18.7 Å². The molecule has 0 fully saturated rings. The van der Waals surface area contributed by atoms with E-state index in [9.17, 15) is 9.18 Å². The predicted molar refractivity (Wildman–Crippen MR) is 93.0 cm³/mol. The van der Waals surface area contributed by atoms with Gasteiger partial charge in [-0.3, -0.25) is 4.79 Å². The molecule has 2 aliphatic rings. The first kappa shape index (κ1) is 16.2. The molecule has 0 bridgehead atoms. The van der Waals surface area contributed by atoms with E-state index in [-0.39, 0.29) is 17.8 Å². The first-order valence-corrected chi connectivity index (χ1v) is 8.72. The average molecular weight is 340 g/mol.